The second-order valence-corrected chi connectivity index (χ2v) is 7.92. The zero-order valence-corrected chi connectivity index (χ0v) is 18.2. The van der Waals surface area contributed by atoms with Crippen LogP contribution in [0.4, 0.5) is 26.3 Å². The minimum absolute atomic E-state index is 0.473. The van der Waals surface area contributed by atoms with Gasteiger partial charge in [-0.05, 0) is 22.3 Å². The summed E-state index contributed by atoms with van der Waals surface area (Å²) < 4.78 is 96.9. The fraction of sp³-hybridized carbons (Fsp3) is 0.143. The van der Waals surface area contributed by atoms with Crippen molar-refractivity contribution in [1.82, 2.24) is 0 Å². The Hall–Kier alpha value is -3.58. The average Bonchev–Trinajstić information content (AvgIpc) is 2.85. The molecule has 4 aromatic rings. The molecule has 0 bridgehead atoms. The molecule has 0 heterocycles. The largest absolute Gasteiger partial charge is 0.426 e. The van der Waals surface area contributed by atoms with Crippen molar-refractivity contribution >= 4 is 0 Å². The summed E-state index contributed by atoms with van der Waals surface area (Å²) in [6.45, 7) is 0. The third-order valence-corrected chi connectivity index (χ3v) is 5.83. The molecule has 0 amide bonds. The van der Waals surface area contributed by atoms with Crippen LogP contribution in [0.15, 0.2) is 121 Å². The number of ether oxygens (including phenoxy) is 1. The van der Waals surface area contributed by atoms with Crippen molar-refractivity contribution in [1.29, 1.82) is 0 Å². The molecule has 0 spiro atoms. The van der Waals surface area contributed by atoms with Gasteiger partial charge in [0.05, 0.1) is 0 Å². The Bertz CT molecular complexity index is 1040. The third-order valence-electron chi connectivity index (χ3n) is 5.83. The Kier molecular flexibility index (Phi) is 6.47. The first-order valence-corrected chi connectivity index (χ1v) is 10.7. The summed E-state index contributed by atoms with van der Waals surface area (Å²) in [5.74, 6) is 0. The summed E-state index contributed by atoms with van der Waals surface area (Å²) in [6.07, 6.45) is -10.5. The minimum Gasteiger partial charge on any atom is -0.330 e. The van der Waals surface area contributed by atoms with E-state index in [0.29, 0.717) is 0 Å². The fourth-order valence-electron chi connectivity index (χ4n) is 4.26. The first-order chi connectivity index (χ1) is 16.6. The summed E-state index contributed by atoms with van der Waals surface area (Å²) in [5, 5.41) is 0. The molecule has 0 aliphatic rings. The number of halogens is 6. The van der Waals surface area contributed by atoms with Gasteiger partial charge in [-0.1, -0.05) is 121 Å². The van der Waals surface area contributed by atoms with Crippen molar-refractivity contribution in [3.63, 3.8) is 0 Å². The van der Waals surface area contributed by atoms with Gasteiger partial charge in [-0.3, -0.25) is 0 Å². The molecule has 35 heavy (non-hydrogen) atoms. The molecule has 0 aliphatic carbocycles. The molecule has 0 atom stereocenters. The van der Waals surface area contributed by atoms with Crippen LogP contribution in [-0.2, 0) is 15.9 Å². The molecule has 0 saturated carbocycles. The minimum atomic E-state index is -5.27. The van der Waals surface area contributed by atoms with Crippen molar-refractivity contribution in [3.05, 3.63) is 144 Å². The van der Waals surface area contributed by atoms with Gasteiger partial charge in [0.1, 0.15) is 0 Å². The first-order valence-electron chi connectivity index (χ1n) is 10.7. The zero-order chi connectivity index (χ0) is 25.2. The average molecular weight is 486 g/mol. The number of rotatable bonds is 6. The Morgan fingerprint density at radius 3 is 0.714 bits per heavy atom. The summed E-state index contributed by atoms with van der Waals surface area (Å²) >= 11 is 0. The molecule has 180 valence electrons. The number of hydrogen-bond donors (Lipinski definition) is 0. The van der Waals surface area contributed by atoms with E-state index in [9.17, 15) is 0 Å². The van der Waals surface area contributed by atoms with E-state index in [-0.39, 0.29) is 0 Å². The van der Waals surface area contributed by atoms with Gasteiger partial charge in [0.2, 0.25) is 11.2 Å². The SMILES string of the molecule is FC(F)(F)C(OC(c1ccccc1)(c1ccccc1)C(F)(F)F)(c1ccccc1)c1ccccc1. The molecule has 0 aliphatic heterocycles. The summed E-state index contributed by atoms with van der Waals surface area (Å²) in [7, 11) is 0. The Balaban J connectivity index is 2.15. The highest BCUT2D eigenvalue weighted by molar-refractivity contribution is 5.44. The first kappa shape index (κ1) is 24.5. The van der Waals surface area contributed by atoms with Crippen LogP contribution in [-0.4, -0.2) is 12.4 Å². The van der Waals surface area contributed by atoms with E-state index in [0.717, 1.165) is 48.5 Å². The molecule has 0 N–H and O–H groups in total. The maximum Gasteiger partial charge on any atom is 0.426 e. The van der Waals surface area contributed by atoms with E-state index in [4.69, 9.17) is 4.74 Å². The van der Waals surface area contributed by atoms with Crippen LogP contribution in [0.1, 0.15) is 22.3 Å². The lowest BCUT2D eigenvalue weighted by molar-refractivity contribution is -0.353. The van der Waals surface area contributed by atoms with Gasteiger partial charge in [0.15, 0.2) is 0 Å². The maximum atomic E-state index is 15.2. The van der Waals surface area contributed by atoms with E-state index in [1.807, 2.05) is 0 Å². The number of hydrogen-bond acceptors (Lipinski definition) is 1. The third kappa shape index (κ3) is 4.21. The van der Waals surface area contributed by atoms with Gasteiger partial charge in [-0.2, -0.15) is 26.3 Å². The second-order valence-electron chi connectivity index (χ2n) is 7.92. The predicted octanol–water partition coefficient (Wildman–Crippen LogP) is 8.02. The van der Waals surface area contributed by atoms with Crippen LogP contribution in [0.3, 0.4) is 0 Å². The van der Waals surface area contributed by atoms with Crippen LogP contribution in [0.2, 0.25) is 0 Å². The second kappa shape index (κ2) is 9.23. The molecule has 0 unspecified atom stereocenters. The van der Waals surface area contributed by atoms with Crippen molar-refractivity contribution < 1.29 is 31.1 Å². The Morgan fingerprint density at radius 2 is 0.543 bits per heavy atom. The topological polar surface area (TPSA) is 9.23 Å². The lowest BCUT2D eigenvalue weighted by atomic mass is 9.80. The van der Waals surface area contributed by atoms with Gasteiger partial charge < -0.3 is 4.74 Å². The van der Waals surface area contributed by atoms with Crippen LogP contribution in [0, 0.1) is 0 Å². The van der Waals surface area contributed by atoms with Gasteiger partial charge >= 0.3 is 12.4 Å². The lowest BCUT2D eigenvalue weighted by Crippen LogP contribution is -2.56. The van der Waals surface area contributed by atoms with Gasteiger partial charge in [0, 0.05) is 0 Å². The van der Waals surface area contributed by atoms with E-state index in [1.54, 1.807) is 0 Å². The van der Waals surface area contributed by atoms with Crippen LogP contribution in [0.25, 0.3) is 0 Å². The number of alkyl halides is 6. The Labute approximate surface area is 198 Å². The monoisotopic (exact) mass is 486 g/mol. The summed E-state index contributed by atoms with van der Waals surface area (Å²) in [5.41, 5.74) is -8.79. The fourth-order valence-corrected chi connectivity index (χ4v) is 4.26. The molecular weight excluding hydrogens is 466 g/mol. The van der Waals surface area contributed by atoms with E-state index < -0.39 is 45.8 Å². The lowest BCUT2D eigenvalue weighted by Gasteiger charge is -2.46. The van der Waals surface area contributed by atoms with Crippen molar-refractivity contribution in [2.24, 2.45) is 0 Å². The summed E-state index contributed by atoms with van der Waals surface area (Å²) in [4.78, 5) is 0. The molecule has 0 fully saturated rings. The van der Waals surface area contributed by atoms with E-state index in [1.165, 1.54) is 72.8 Å². The molecule has 0 aromatic heterocycles. The quantitative estimate of drug-likeness (QED) is 0.251. The van der Waals surface area contributed by atoms with E-state index in [2.05, 4.69) is 0 Å². The van der Waals surface area contributed by atoms with E-state index >= 15 is 26.3 Å². The van der Waals surface area contributed by atoms with Gasteiger partial charge in [0.25, 0.3) is 0 Å². The molecule has 4 aromatic carbocycles. The van der Waals surface area contributed by atoms with Crippen molar-refractivity contribution in [3.8, 4) is 0 Å². The van der Waals surface area contributed by atoms with Gasteiger partial charge in [-0.25, -0.2) is 0 Å². The van der Waals surface area contributed by atoms with Gasteiger partial charge in [-0.15, -0.1) is 0 Å². The smallest absolute Gasteiger partial charge is 0.330 e. The molecule has 1 nitrogen and oxygen atoms in total. The molecule has 4 rings (SSSR count). The highest BCUT2D eigenvalue weighted by Gasteiger charge is 2.68. The standard InChI is InChI=1S/C28H20F6O/c29-27(30,31)25(21-13-5-1-6-14-21,22-15-7-2-8-16-22)35-26(28(32,33)34,23-17-9-3-10-18-23)24-19-11-4-12-20-24/h1-20H. The van der Waals surface area contributed by atoms with Crippen LogP contribution < -0.4 is 0 Å². The summed E-state index contributed by atoms with van der Waals surface area (Å²) in [6, 6.07) is 25.6. The highest BCUT2D eigenvalue weighted by Crippen LogP contribution is 2.57. The normalized spacial score (nSPS) is 13.0. The zero-order valence-electron chi connectivity index (χ0n) is 18.2. The van der Waals surface area contributed by atoms with Crippen LogP contribution in [0.5, 0.6) is 0 Å². The van der Waals surface area contributed by atoms with Crippen molar-refractivity contribution in [2.75, 3.05) is 0 Å². The highest BCUT2D eigenvalue weighted by atomic mass is 19.4. The number of benzene rings is 4. The molecular formula is C28H20F6O. The van der Waals surface area contributed by atoms with Crippen LogP contribution >= 0.6 is 0 Å². The molecule has 7 heteroatoms. The van der Waals surface area contributed by atoms with Crippen molar-refractivity contribution in [2.45, 2.75) is 23.6 Å². The predicted molar refractivity (Wildman–Crippen MR) is 121 cm³/mol. The molecule has 0 saturated heterocycles. The maximum absolute atomic E-state index is 15.2. The molecule has 0 radical (unpaired) electrons. The Morgan fingerprint density at radius 1 is 0.343 bits per heavy atom.